The van der Waals surface area contributed by atoms with Crippen LogP contribution in [0, 0.1) is 6.92 Å². The van der Waals surface area contributed by atoms with Crippen LogP contribution in [0.3, 0.4) is 0 Å². The van der Waals surface area contributed by atoms with Gasteiger partial charge in [-0.05, 0) is 69.8 Å². The van der Waals surface area contributed by atoms with Crippen molar-refractivity contribution in [2.75, 3.05) is 50.6 Å². The number of hydrogen-bond acceptors (Lipinski definition) is 5. The summed E-state index contributed by atoms with van der Waals surface area (Å²) in [7, 11) is 3.73. The summed E-state index contributed by atoms with van der Waals surface area (Å²) in [4.78, 5) is 17.5. The van der Waals surface area contributed by atoms with Gasteiger partial charge in [0.25, 0.3) is 5.91 Å². The van der Waals surface area contributed by atoms with Gasteiger partial charge in [-0.3, -0.25) is 4.79 Å². The van der Waals surface area contributed by atoms with E-state index in [1.54, 1.807) is 25.3 Å². The van der Waals surface area contributed by atoms with E-state index in [1.807, 2.05) is 26.0 Å². The zero-order chi connectivity index (χ0) is 21.0. The van der Waals surface area contributed by atoms with Crippen LogP contribution in [0.15, 0.2) is 36.4 Å². The van der Waals surface area contributed by atoms with Gasteiger partial charge in [0.1, 0.15) is 0 Å². The van der Waals surface area contributed by atoms with Crippen LogP contribution in [0.4, 0.5) is 11.4 Å². The van der Waals surface area contributed by atoms with Crippen LogP contribution in [-0.2, 0) is 0 Å². The first-order valence-electron chi connectivity index (χ1n) is 10.1. The molecule has 0 atom stereocenters. The van der Waals surface area contributed by atoms with E-state index in [2.05, 4.69) is 35.2 Å². The number of benzene rings is 2. The van der Waals surface area contributed by atoms with E-state index in [9.17, 15) is 4.79 Å². The minimum absolute atomic E-state index is 0.0327. The lowest BCUT2D eigenvalue weighted by Crippen LogP contribution is -2.44. The van der Waals surface area contributed by atoms with E-state index in [0.717, 1.165) is 37.4 Å². The number of anilines is 2. The smallest absolute Gasteiger partial charge is 0.255 e. The number of carbonyl (C=O) groups is 1. The Kier molecular flexibility index (Phi) is 6.64. The number of carbonyl (C=O) groups excluding carboxylic acids is 1. The maximum Gasteiger partial charge on any atom is 0.255 e. The Labute approximate surface area is 173 Å². The standard InChI is InChI=1S/C23H31N3O3/c1-16(2)29-21-9-6-18(15-22(21)28-5)23(27)24-19-7-8-20(17(3)14-19)26-12-10-25(4)11-13-26/h6-9,14-16H,10-13H2,1-5H3,(H,24,27). The Morgan fingerprint density at radius 1 is 1.03 bits per heavy atom. The molecule has 1 heterocycles. The lowest BCUT2D eigenvalue weighted by atomic mass is 10.1. The topological polar surface area (TPSA) is 54.0 Å². The summed E-state index contributed by atoms with van der Waals surface area (Å²) in [5, 5.41) is 2.99. The zero-order valence-electron chi connectivity index (χ0n) is 18.0. The number of methoxy groups -OCH3 is 1. The molecule has 1 saturated heterocycles. The summed E-state index contributed by atoms with van der Waals surface area (Å²) < 4.78 is 11.1. The van der Waals surface area contributed by atoms with Crippen molar-refractivity contribution in [1.29, 1.82) is 0 Å². The molecule has 1 fully saturated rings. The van der Waals surface area contributed by atoms with Crippen LogP contribution in [0.1, 0.15) is 29.8 Å². The Morgan fingerprint density at radius 3 is 2.38 bits per heavy atom. The number of hydrogen-bond donors (Lipinski definition) is 1. The largest absolute Gasteiger partial charge is 0.493 e. The average molecular weight is 398 g/mol. The molecule has 0 aromatic heterocycles. The predicted octanol–water partition coefficient (Wildman–Crippen LogP) is 3.79. The van der Waals surface area contributed by atoms with Gasteiger partial charge in [-0.2, -0.15) is 0 Å². The van der Waals surface area contributed by atoms with Gasteiger partial charge >= 0.3 is 0 Å². The Morgan fingerprint density at radius 2 is 1.76 bits per heavy atom. The fraction of sp³-hybridized carbons (Fsp3) is 0.435. The third kappa shape index (κ3) is 5.21. The van der Waals surface area contributed by atoms with Crippen molar-refractivity contribution >= 4 is 17.3 Å². The Bertz CT molecular complexity index is 858. The van der Waals surface area contributed by atoms with Gasteiger partial charge < -0.3 is 24.6 Å². The second kappa shape index (κ2) is 9.18. The van der Waals surface area contributed by atoms with Gasteiger partial charge in [0.05, 0.1) is 13.2 Å². The fourth-order valence-electron chi connectivity index (χ4n) is 3.50. The molecule has 3 rings (SSSR count). The van der Waals surface area contributed by atoms with Crippen molar-refractivity contribution in [2.24, 2.45) is 0 Å². The molecule has 156 valence electrons. The molecule has 1 aliphatic rings. The van der Waals surface area contributed by atoms with Crippen molar-refractivity contribution in [1.82, 2.24) is 4.90 Å². The maximum atomic E-state index is 12.7. The molecule has 2 aromatic carbocycles. The van der Waals surface area contributed by atoms with Crippen molar-refractivity contribution in [2.45, 2.75) is 26.9 Å². The highest BCUT2D eigenvalue weighted by Gasteiger charge is 2.17. The van der Waals surface area contributed by atoms with Gasteiger partial charge in [-0.1, -0.05) is 0 Å². The molecule has 0 bridgehead atoms. The SMILES string of the molecule is COc1cc(C(=O)Nc2ccc(N3CCN(C)CC3)c(C)c2)ccc1OC(C)C. The number of likely N-dealkylation sites (N-methyl/N-ethyl adjacent to an activating group) is 1. The first kappa shape index (κ1) is 21.0. The minimum Gasteiger partial charge on any atom is -0.493 e. The summed E-state index contributed by atoms with van der Waals surface area (Å²) in [6, 6.07) is 11.3. The first-order chi connectivity index (χ1) is 13.9. The second-order valence-corrected chi connectivity index (χ2v) is 7.78. The number of rotatable bonds is 6. The van der Waals surface area contributed by atoms with E-state index >= 15 is 0 Å². The molecule has 2 aromatic rings. The quantitative estimate of drug-likeness (QED) is 0.804. The highest BCUT2D eigenvalue weighted by atomic mass is 16.5. The molecule has 6 heteroatoms. The van der Waals surface area contributed by atoms with Crippen LogP contribution < -0.4 is 19.7 Å². The number of aryl methyl sites for hydroxylation is 1. The van der Waals surface area contributed by atoms with Crippen molar-refractivity contribution < 1.29 is 14.3 Å². The molecule has 1 amide bonds. The van der Waals surface area contributed by atoms with Crippen molar-refractivity contribution in [3.05, 3.63) is 47.5 Å². The molecular weight excluding hydrogens is 366 g/mol. The number of ether oxygens (including phenoxy) is 2. The normalized spacial score (nSPS) is 14.8. The molecule has 0 saturated carbocycles. The van der Waals surface area contributed by atoms with Crippen LogP contribution in [-0.4, -0.2) is 57.2 Å². The molecule has 6 nitrogen and oxygen atoms in total. The Balaban J connectivity index is 1.71. The molecular formula is C23H31N3O3. The minimum atomic E-state index is -0.175. The number of amides is 1. The summed E-state index contributed by atoms with van der Waals surface area (Å²) >= 11 is 0. The van der Waals surface area contributed by atoms with Crippen molar-refractivity contribution in [3.8, 4) is 11.5 Å². The molecule has 0 radical (unpaired) electrons. The summed E-state index contributed by atoms with van der Waals surface area (Å²) in [6.07, 6.45) is 0.0327. The maximum absolute atomic E-state index is 12.7. The number of piperazine rings is 1. The van der Waals surface area contributed by atoms with E-state index in [-0.39, 0.29) is 12.0 Å². The molecule has 29 heavy (non-hydrogen) atoms. The lowest BCUT2D eigenvalue weighted by molar-refractivity contribution is 0.102. The van der Waals surface area contributed by atoms with E-state index in [4.69, 9.17) is 9.47 Å². The number of nitrogens with one attached hydrogen (secondary N) is 1. The summed E-state index contributed by atoms with van der Waals surface area (Å²) in [5.41, 5.74) is 3.70. The highest BCUT2D eigenvalue weighted by molar-refractivity contribution is 6.04. The molecule has 1 N–H and O–H groups in total. The molecule has 1 aliphatic heterocycles. The third-order valence-electron chi connectivity index (χ3n) is 5.09. The average Bonchev–Trinajstić information content (AvgIpc) is 2.69. The van der Waals surface area contributed by atoms with Gasteiger partial charge in [0, 0.05) is 43.1 Å². The van der Waals surface area contributed by atoms with Crippen LogP contribution in [0.2, 0.25) is 0 Å². The monoisotopic (exact) mass is 397 g/mol. The van der Waals surface area contributed by atoms with Gasteiger partial charge in [-0.25, -0.2) is 0 Å². The fourth-order valence-corrected chi connectivity index (χ4v) is 3.50. The van der Waals surface area contributed by atoms with Crippen LogP contribution in [0.25, 0.3) is 0 Å². The Hall–Kier alpha value is -2.73. The van der Waals surface area contributed by atoms with Gasteiger partial charge in [-0.15, -0.1) is 0 Å². The lowest BCUT2D eigenvalue weighted by Gasteiger charge is -2.35. The molecule has 0 unspecified atom stereocenters. The van der Waals surface area contributed by atoms with E-state index in [1.165, 1.54) is 5.69 Å². The highest BCUT2D eigenvalue weighted by Crippen LogP contribution is 2.30. The second-order valence-electron chi connectivity index (χ2n) is 7.78. The van der Waals surface area contributed by atoms with E-state index in [0.29, 0.717) is 17.1 Å². The summed E-state index contributed by atoms with van der Waals surface area (Å²) in [6.45, 7) is 10.2. The van der Waals surface area contributed by atoms with Crippen LogP contribution >= 0.6 is 0 Å². The molecule has 0 spiro atoms. The van der Waals surface area contributed by atoms with E-state index < -0.39 is 0 Å². The summed E-state index contributed by atoms with van der Waals surface area (Å²) in [5.74, 6) is 1.01. The van der Waals surface area contributed by atoms with Crippen LogP contribution in [0.5, 0.6) is 11.5 Å². The van der Waals surface area contributed by atoms with Gasteiger partial charge in [0.15, 0.2) is 11.5 Å². The third-order valence-corrected chi connectivity index (χ3v) is 5.09. The van der Waals surface area contributed by atoms with Gasteiger partial charge in [0.2, 0.25) is 0 Å². The zero-order valence-corrected chi connectivity index (χ0v) is 18.0. The first-order valence-corrected chi connectivity index (χ1v) is 10.1. The molecule has 0 aliphatic carbocycles. The number of nitrogens with zero attached hydrogens (tertiary/aromatic N) is 2. The predicted molar refractivity (Wildman–Crippen MR) is 118 cm³/mol. The van der Waals surface area contributed by atoms with Crippen molar-refractivity contribution in [3.63, 3.8) is 0 Å².